The molecule has 0 N–H and O–H groups in total. The van der Waals surface area contributed by atoms with Crippen molar-refractivity contribution in [1.29, 1.82) is 0 Å². The van der Waals surface area contributed by atoms with Crippen LogP contribution in [0.15, 0.2) is 17.0 Å². The number of aryl methyl sites for hydroxylation is 3. The summed E-state index contributed by atoms with van der Waals surface area (Å²) >= 11 is 12.9. The number of piperidine rings is 1. The van der Waals surface area contributed by atoms with Crippen LogP contribution in [0.5, 0.6) is 0 Å². The van der Waals surface area contributed by atoms with Gasteiger partial charge in [0.2, 0.25) is 5.62 Å². The van der Waals surface area contributed by atoms with Crippen LogP contribution in [0, 0.1) is 19.8 Å². The van der Waals surface area contributed by atoms with Crippen LogP contribution in [0.2, 0.25) is 10.0 Å². The molecule has 0 saturated carbocycles. The maximum atomic E-state index is 14.3. The van der Waals surface area contributed by atoms with Crippen LogP contribution in [0.4, 0.5) is 14.5 Å². The molecular formula is C23H32Cl2F2N4O2S. The summed E-state index contributed by atoms with van der Waals surface area (Å²) in [4.78, 5) is 14.2. The first-order valence-corrected chi connectivity index (χ1v) is 13.8. The second kappa shape index (κ2) is 11.0. The molecule has 1 aromatic carbocycles. The first-order valence-electron chi connectivity index (χ1n) is 11.3. The Morgan fingerprint density at radius 1 is 1.21 bits per heavy atom. The average Bonchev–Trinajstić information content (AvgIpc) is 3.01. The van der Waals surface area contributed by atoms with Crippen LogP contribution >= 0.6 is 23.2 Å². The van der Waals surface area contributed by atoms with E-state index >= 15 is 0 Å². The Kier molecular flexibility index (Phi) is 8.76. The Morgan fingerprint density at radius 2 is 1.79 bits per heavy atom. The summed E-state index contributed by atoms with van der Waals surface area (Å²) < 4.78 is 44.2. The van der Waals surface area contributed by atoms with Gasteiger partial charge in [-0.2, -0.15) is 13.9 Å². The van der Waals surface area contributed by atoms with Gasteiger partial charge in [0.05, 0.1) is 32.0 Å². The fraction of sp³-hybridized carbons (Fsp3) is 0.565. The Bertz CT molecular complexity index is 1060. The third-order valence-corrected chi connectivity index (χ3v) is 9.94. The highest BCUT2D eigenvalue weighted by Crippen LogP contribution is 2.41. The number of aromatic nitrogens is 2. The van der Waals surface area contributed by atoms with Gasteiger partial charge in [-0.25, -0.2) is 4.31 Å². The molecule has 1 aliphatic rings. The van der Waals surface area contributed by atoms with Crippen molar-refractivity contribution in [3.05, 3.63) is 39.1 Å². The normalized spacial score (nSPS) is 16.3. The second-order valence-corrected chi connectivity index (χ2v) is 12.2. The zero-order chi connectivity index (χ0) is 25.2. The van der Waals surface area contributed by atoms with Crippen molar-refractivity contribution < 1.29 is 17.8 Å². The molecule has 11 heteroatoms. The minimum atomic E-state index is -4.55. The van der Waals surface area contributed by atoms with E-state index in [0.29, 0.717) is 22.3 Å². The molecule has 1 fully saturated rings. The van der Waals surface area contributed by atoms with Crippen molar-refractivity contribution >= 4 is 44.6 Å². The minimum Gasteiger partial charge on any atom is -0.306 e. The number of carbonyl (C=O) groups is 1. The van der Waals surface area contributed by atoms with Crippen LogP contribution in [-0.4, -0.2) is 51.2 Å². The molecule has 0 aliphatic carbocycles. The lowest BCUT2D eigenvalue weighted by Crippen LogP contribution is -2.43. The van der Waals surface area contributed by atoms with Gasteiger partial charge in [-0.1, -0.05) is 29.6 Å². The molecule has 0 radical (unpaired) electrons. The van der Waals surface area contributed by atoms with E-state index in [4.69, 9.17) is 23.2 Å². The molecule has 2 heterocycles. The number of benzene rings is 1. The highest BCUT2D eigenvalue weighted by Gasteiger charge is 2.39. The number of halogens is 4. The molecule has 3 rings (SSSR count). The number of anilines is 1. The van der Waals surface area contributed by atoms with Crippen molar-refractivity contribution in [3.8, 4) is 0 Å². The van der Waals surface area contributed by atoms with Crippen molar-refractivity contribution in [2.45, 2.75) is 57.4 Å². The molecule has 0 bridgehead atoms. The summed E-state index contributed by atoms with van der Waals surface area (Å²) in [6.45, 7) is 2.06. The summed E-state index contributed by atoms with van der Waals surface area (Å²) in [5.41, 5.74) is 1.36. The van der Waals surface area contributed by atoms with E-state index < -0.39 is 16.7 Å². The number of hydrogen-bond acceptors (Lipinski definition) is 4. The first-order chi connectivity index (χ1) is 16.0. The fourth-order valence-electron chi connectivity index (χ4n) is 4.70. The molecule has 1 aliphatic heterocycles. The lowest BCUT2D eigenvalue weighted by molar-refractivity contribution is 0.162. The third kappa shape index (κ3) is 5.48. The number of carbonyl (C=O) groups excluding carboxylic acids is 1. The molecule has 34 heavy (non-hydrogen) atoms. The van der Waals surface area contributed by atoms with Crippen LogP contribution in [-0.2, 0) is 28.4 Å². The quantitative estimate of drug-likeness (QED) is 0.271. The van der Waals surface area contributed by atoms with Crippen LogP contribution in [0.25, 0.3) is 0 Å². The van der Waals surface area contributed by atoms with E-state index in [-0.39, 0.29) is 31.9 Å². The highest BCUT2D eigenvalue weighted by atomic mass is 35.5. The predicted molar refractivity (Wildman–Crippen MR) is 135 cm³/mol. The summed E-state index contributed by atoms with van der Waals surface area (Å²) in [6, 6.07) is 3.17. The zero-order valence-electron chi connectivity index (χ0n) is 19.9. The number of hydrogen-bond donors (Lipinski definition) is 1. The molecule has 6 nitrogen and oxygen atoms in total. The third-order valence-electron chi connectivity index (χ3n) is 6.66. The highest BCUT2D eigenvalue weighted by molar-refractivity contribution is 8.16. The van der Waals surface area contributed by atoms with Crippen molar-refractivity contribution in [3.63, 3.8) is 0 Å². The van der Waals surface area contributed by atoms with E-state index in [1.165, 1.54) is 24.4 Å². The van der Waals surface area contributed by atoms with Gasteiger partial charge in [0.1, 0.15) is 0 Å². The molecule has 0 spiro atoms. The van der Waals surface area contributed by atoms with Crippen molar-refractivity contribution in [1.82, 2.24) is 14.7 Å². The van der Waals surface area contributed by atoms with Crippen molar-refractivity contribution in [2.75, 3.05) is 24.4 Å². The van der Waals surface area contributed by atoms with Gasteiger partial charge in [-0.3, -0.25) is 13.7 Å². The van der Waals surface area contributed by atoms with E-state index in [0.717, 1.165) is 31.5 Å². The molecular weight excluding hydrogens is 505 g/mol. The van der Waals surface area contributed by atoms with E-state index in [1.54, 1.807) is 26.1 Å². The lowest BCUT2D eigenvalue weighted by atomic mass is 9.91. The predicted octanol–water partition coefficient (Wildman–Crippen LogP) is 5.22. The number of alkyl halides is 2. The molecule has 0 atom stereocenters. The SMILES string of the molecule is Cc1nn(C)c(C)c1N(C(F)F)[SH](=O)(C=O)c1c(Cl)cc(CCCC2CCN(C)CC2)cc1Cl. The fourth-order valence-corrected chi connectivity index (χ4v) is 7.96. The standard InChI is InChI=1S/C23H32Cl2F2N4O2S/c1-15-21(16(2)30(4)28-15)31(23(26)27)34(33,14-32)22-19(24)12-18(13-20(22)25)7-5-6-17-8-10-29(3)11-9-17/h12-14,17,23,34H,5-11H2,1-4H3. The topological polar surface area (TPSA) is 58.4 Å². The molecule has 190 valence electrons. The summed E-state index contributed by atoms with van der Waals surface area (Å²) in [5, 5.41) is 4.02. The Hall–Kier alpha value is -1.55. The Balaban J connectivity index is 1.89. The number of nitrogens with zero attached hydrogens (tertiary/aromatic N) is 4. The van der Waals surface area contributed by atoms with Gasteiger partial charge in [0.15, 0.2) is 0 Å². The van der Waals surface area contributed by atoms with Crippen molar-refractivity contribution in [2.24, 2.45) is 13.0 Å². The van der Waals surface area contributed by atoms with Gasteiger partial charge in [0, 0.05) is 17.2 Å². The Labute approximate surface area is 210 Å². The summed E-state index contributed by atoms with van der Waals surface area (Å²) in [6.07, 6.45) is 5.07. The monoisotopic (exact) mass is 536 g/mol. The molecule has 2 aromatic rings. The van der Waals surface area contributed by atoms with Crippen LogP contribution in [0.1, 0.15) is 42.6 Å². The lowest BCUT2D eigenvalue weighted by Gasteiger charge is -2.34. The maximum Gasteiger partial charge on any atom is 0.325 e. The minimum absolute atomic E-state index is 0.0396. The molecule has 0 amide bonds. The summed E-state index contributed by atoms with van der Waals surface area (Å²) in [7, 11) is -0.833. The van der Waals surface area contributed by atoms with E-state index in [9.17, 15) is 17.8 Å². The van der Waals surface area contributed by atoms with Gasteiger partial charge < -0.3 is 4.90 Å². The first kappa shape index (κ1) is 27.0. The maximum absolute atomic E-state index is 14.3. The van der Waals surface area contributed by atoms with Gasteiger partial charge >= 0.3 is 6.55 Å². The second-order valence-electron chi connectivity index (χ2n) is 9.04. The molecule has 1 saturated heterocycles. The smallest absolute Gasteiger partial charge is 0.306 e. The summed E-state index contributed by atoms with van der Waals surface area (Å²) in [5.74, 6) is 0.683. The zero-order valence-corrected chi connectivity index (χ0v) is 22.3. The average molecular weight is 538 g/mol. The van der Waals surface area contributed by atoms with Gasteiger partial charge in [-0.05, 0) is 83.3 Å². The van der Waals surface area contributed by atoms with E-state index in [1.807, 2.05) is 0 Å². The van der Waals surface area contributed by atoms with Gasteiger partial charge in [0.25, 0.3) is 0 Å². The van der Waals surface area contributed by atoms with Gasteiger partial charge in [-0.15, -0.1) is 0 Å². The van der Waals surface area contributed by atoms with Crippen LogP contribution < -0.4 is 4.31 Å². The molecule has 1 aromatic heterocycles. The number of likely N-dealkylation sites (tertiary alicyclic amines) is 1. The molecule has 0 unspecified atom stereocenters. The van der Waals surface area contributed by atoms with Crippen LogP contribution in [0.3, 0.4) is 0 Å². The number of thiol groups is 1. The van der Waals surface area contributed by atoms with E-state index in [2.05, 4.69) is 17.0 Å². The largest absolute Gasteiger partial charge is 0.325 e. The Morgan fingerprint density at radius 3 is 2.26 bits per heavy atom. The number of rotatable bonds is 9.